The fourth-order valence-corrected chi connectivity index (χ4v) is 7.23. The molecular weight excluding hydrogens is 602 g/mol. The number of rotatable bonds is 10. The molecule has 3 aromatic carbocycles. The number of halogens is 1. The van der Waals surface area contributed by atoms with Gasteiger partial charge in [-0.05, 0) is 68.0 Å². The molecule has 5 rings (SSSR count). The molecule has 1 fully saturated rings. The van der Waals surface area contributed by atoms with Crippen LogP contribution in [0.3, 0.4) is 0 Å². The zero-order valence-electron chi connectivity index (χ0n) is 24.8. The van der Waals surface area contributed by atoms with Gasteiger partial charge in [0.25, 0.3) is 5.91 Å². The van der Waals surface area contributed by atoms with Crippen molar-refractivity contribution >= 4 is 44.5 Å². The van der Waals surface area contributed by atoms with Crippen LogP contribution < -0.4 is 9.46 Å². The number of nitrogens with one attached hydrogen (secondary N) is 1. The molecule has 1 atom stereocenters. The van der Waals surface area contributed by atoms with Crippen LogP contribution in [0.5, 0.6) is 5.75 Å². The van der Waals surface area contributed by atoms with Crippen LogP contribution in [-0.4, -0.2) is 55.3 Å². The molecule has 44 heavy (non-hydrogen) atoms. The second-order valence-electron chi connectivity index (χ2n) is 11.1. The highest BCUT2D eigenvalue weighted by Gasteiger charge is 2.30. The molecule has 2 heterocycles. The average molecular weight is 638 g/mol. The predicted molar refractivity (Wildman–Crippen MR) is 171 cm³/mol. The summed E-state index contributed by atoms with van der Waals surface area (Å²) < 4.78 is 42.0. The van der Waals surface area contributed by atoms with Crippen LogP contribution in [0.2, 0.25) is 5.02 Å². The maximum atomic E-state index is 13.6. The Bertz CT molecular complexity index is 1760. The van der Waals surface area contributed by atoms with Crippen molar-refractivity contribution < 1.29 is 27.5 Å². The van der Waals surface area contributed by atoms with E-state index in [1.807, 2.05) is 74.5 Å². The maximum absolute atomic E-state index is 13.6. The highest BCUT2D eigenvalue weighted by atomic mass is 35.5. The Morgan fingerprint density at radius 2 is 1.77 bits per heavy atom. The molecule has 1 aliphatic heterocycles. The lowest BCUT2D eigenvalue weighted by Crippen LogP contribution is -2.44. The largest absolute Gasteiger partial charge is 0.490 e. The van der Waals surface area contributed by atoms with Crippen molar-refractivity contribution in [2.45, 2.75) is 39.8 Å². The molecule has 0 aliphatic carbocycles. The van der Waals surface area contributed by atoms with E-state index in [9.17, 15) is 18.0 Å². The number of hydrogen-bond acceptors (Lipinski definition) is 6. The molecule has 0 radical (unpaired) electrons. The molecular formula is C33H36ClN3O6S. The van der Waals surface area contributed by atoms with Crippen LogP contribution in [0.4, 0.5) is 4.79 Å². The number of benzene rings is 3. The number of sulfonamides is 1. The molecule has 1 unspecified atom stereocenters. The lowest BCUT2D eigenvalue weighted by atomic mass is 10.0. The fraction of sp³-hybridized carbons (Fsp3) is 0.333. The lowest BCUT2D eigenvalue weighted by molar-refractivity contribution is 0.0811. The summed E-state index contributed by atoms with van der Waals surface area (Å²) in [5.74, 6) is -0.798. The molecule has 0 saturated carbocycles. The highest BCUT2D eigenvalue weighted by Crippen LogP contribution is 2.28. The van der Waals surface area contributed by atoms with E-state index in [4.69, 9.17) is 21.1 Å². The quantitative estimate of drug-likeness (QED) is 0.225. The summed E-state index contributed by atoms with van der Waals surface area (Å²) in [5, 5.41) is 1.34. The van der Waals surface area contributed by atoms with Gasteiger partial charge in [0.15, 0.2) is 0 Å². The standard InChI is InChI=1S/C33H36ClN3O6S/c1-23-14-15-29-27(19-23)24(2)31(37(29)17-18-42-30-13-7-6-12-28(30)34)32(38)35-44(40,41)22-26-11-8-16-36(20-26)33(39)43-21-25-9-4-3-5-10-25/h3-7,9-10,12-15,19,26H,8,11,16-18,20-22H2,1-2H3,(H,35,38). The number of amides is 2. The average Bonchev–Trinajstić information content (AvgIpc) is 3.27. The van der Waals surface area contributed by atoms with Crippen LogP contribution >= 0.6 is 11.6 Å². The minimum Gasteiger partial charge on any atom is -0.490 e. The summed E-state index contributed by atoms with van der Waals surface area (Å²) in [6, 6.07) is 22.4. The number of hydrogen-bond donors (Lipinski definition) is 1. The molecule has 1 aliphatic rings. The van der Waals surface area contributed by atoms with E-state index in [-0.39, 0.29) is 37.1 Å². The first-order valence-corrected chi connectivity index (χ1v) is 16.6. The number of ether oxygens (including phenoxy) is 2. The molecule has 4 aromatic rings. The van der Waals surface area contributed by atoms with E-state index in [2.05, 4.69) is 4.72 Å². The lowest BCUT2D eigenvalue weighted by Gasteiger charge is -2.31. The summed E-state index contributed by atoms with van der Waals surface area (Å²) in [4.78, 5) is 27.8. The van der Waals surface area contributed by atoms with Gasteiger partial charge in [-0.1, -0.05) is 65.7 Å². The van der Waals surface area contributed by atoms with Crippen molar-refractivity contribution in [3.05, 3.63) is 100 Å². The first-order valence-electron chi connectivity index (χ1n) is 14.6. The maximum Gasteiger partial charge on any atom is 0.410 e. The number of carbonyl (C=O) groups is 2. The van der Waals surface area contributed by atoms with Gasteiger partial charge in [-0.3, -0.25) is 4.79 Å². The summed E-state index contributed by atoms with van der Waals surface area (Å²) >= 11 is 6.23. The normalized spacial score (nSPS) is 15.2. The van der Waals surface area contributed by atoms with Gasteiger partial charge in [0.05, 0.1) is 17.3 Å². The molecule has 9 nitrogen and oxygen atoms in total. The number of likely N-dealkylation sites (tertiary alicyclic amines) is 1. The zero-order chi connectivity index (χ0) is 31.3. The summed E-state index contributed by atoms with van der Waals surface area (Å²) in [7, 11) is -4.02. The molecule has 0 spiro atoms. The Morgan fingerprint density at radius 3 is 2.55 bits per heavy atom. The van der Waals surface area contributed by atoms with Gasteiger partial charge in [0, 0.05) is 24.0 Å². The van der Waals surface area contributed by atoms with E-state index in [0.29, 0.717) is 42.3 Å². The van der Waals surface area contributed by atoms with Gasteiger partial charge in [-0.15, -0.1) is 0 Å². The number of piperidine rings is 1. The molecule has 1 aromatic heterocycles. The number of fused-ring (bicyclic) bond motifs is 1. The Labute approximate surface area is 262 Å². The second-order valence-corrected chi connectivity index (χ2v) is 13.3. The molecule has 232 valence electrons. The third-order valence-corrected chi connectivity index (χ3v) is 9.50. The van der Waals surface area contributed by atoms with Crippen LogP contribution in [0.15, 0.2) is 72.8 Å². The third kappa shape index (κ3) is 7.54. The van der Waals surface area contributed by atoms with Gasteiger partial charge in [-0.2, -0.15) is 0 Å². The monoisotopic (exact) mass is 637 g/mol. The molecule has 1 N–H and O–H groups in total. The zero-order valence-corrected chi connectivity index (χ0v) is 26.4. The number of nitrogens with zero attached hydrogens (tertiary/aromatic N) is 2. The van der Waals surface area contributed by atoms with Crippen LogP contribution in [0.1, 0.15) is 40.0 Å². The summed E-state index contributed by atoms with van der Waals surface area (Å²) in [6.45, 7) is 5.16. The highest BCUT2D eigenvalue weighted by molar-refractivity contribution is 7.90. The summed E-state index contributed by atoms with van der Waals surface area (Å²) in [6.07, 6.45) is 0.789. The van der Waals surface area contributed by atoms with Crippen molar-refractivity contribution in [2.75, 3.05) is 25.4 Å². The van der Waals surface area contributed by atoms with Gasteiger partial charge < -0.3 is 18.9 Å². The minimum atomic E-state index is -4.02. The van der Waals surface area contributed by atoms with Crippen molar-refractivity contribution in [3.63, 3.8) is 0 Å². The van der Waals surface area contributed by atoms with E-state index >= 15 is 0 Å². The molecule has 2 amide bonds. The SMILES string of the molecule is Cc1ccc2c(c1)c(C)c(C(=O)NS(=O)(=O)CC1CCCN(C(=O)OCc3ccccc3)C1)n2CCOc1ccccc1Cl. The number of aromatic nitrogens is 1. The van der Waals surface area contributed by atoms with Crippen molar-refractivity contribution in [1.82, 2.24) is 14.2 Å². The molecule has 1 saturated heterocycles. The van der Waals surface area contributed by atoms with Gasteiger partial charge >= 0.3 is 6.09 Å². The smallest absolute Gasteiger partial charge is 0.410 e. The van der Waals surface area contributed by atoms with E-state index in [0.717, 1.165) is 22.0 Å². The van der Waals surface area contributed by atoms with Gasteiger partial charge in [0.1, 0.15) is 24.7 Å². The topological polar surface area (TPSA) is 107 Å². The summed E-state index contributed by atoms with van der Waals surface area (Å²) in [5.41, 5.74) is 3.63. The van der Waals surface area contributed by atoms with Crippen molar-refractivity contribution in [2.24, 2.45) is 5.92 Å². The molecule has 11 heteroatoms. The molecule has 0 bridgehead atoms. The number of aryl methyl sites for hydroxylation is 2. The van der Waals surface area contributed by atoms with Crippen LogP contribution in [0.25, 0.3) is 10.9 Å². The first-order chi connectivity index (χ1) is 21.1. The Kier molecular flexibility index (Phi) is 9.80. The number of carbonyl (C=O) groups excluding carboxylic acids is 2. The third-order valence-electron chi connectivity index (χ3n) is 7.78. The van der Waals surface area contributed by atoms with Crippen LogP contribution in [0, 0.1) is 19.8 Å². The predicted octanol–water partition coefficient (Wildman–Crippen LogP) is 6.10. The van der Waals surface area contributed by atoms with Crippen molar-refractivity contribution in [3.8, 4) is 5.75 Å². The van der Waals surface area contributed by atoms with Gasteiger partial charge in [-0.25, -0.2) is 17.9 Å². The fourth-order valence-electron chi connectivity index (χ4n) is 5.69. The second kappa shape index (κ2) is 13.7. The number of para-hydroxylation sites is 1. The Balaban J connectivity index is 1.26. The first kappa shape index (κ1) is 31.4. The van der Waals surface area contributed by atoms with E-state index in [1.54, 1.807) is 16.7 Å². The van der Waals surface area contributed by atoms with Gasteiger partial charge in [0.2, 0.25) is 10.0 Å². The minimum absolute atomic E-state index is 0.144. The van der Waals surface area contributed by atoms with E-state index < -0.39 is 22.0 Å². The Hall–Kier alpha value is -4.02. The Morgan fingerprint density at radius 1 is 1.02 bits per heavy atom. The van der Waals surface area contributed by atoms with E-state index in [1.165, 1.54) is 4.90 Å². The van der Waals surface area contributed by atoms with Crippen molar-refractivity contribution in [1.29, 1.82) is 0 Å². The van der Waals surface area contributed by atoms with Crippen LogP contribution in [-0.2, 0) is 27.9 Å².